The van der Waals surface area contributed by atoms with Crippen LogP contribution in [-0.4, -0.2) is 18.7 Å². The quantitative estimate of drug-likeness (QED) is 0.845. The van der Waals surface area contributed by atoms with E-state index in [0.29, 0.717) is 6.54 Å². The molecule has 2 aromatic carbocycles. The van der Waals surface area contributed by atoms with Crippen molar-refractivity contribution < 1.29 is 4.79 Å². The van der Waals surface area contributed by atoms with Gasteiger partial charge in [-0.15, -0.1) is 11.8 Å². The zero-order valence-corrected chi connectivity index (χ0v) is 11.7. The first-order valence-corrected chi connectivity index (χ1v) is 7.49. The lowest BCUT2D eigenvalue weighted by Gasteiger charge is -2.08. The van der Waals surface area contributed by atoms with Crippen LogP contribution in [0, 0.1) is 0 Å². The molecule has 3 heteroatoms. The van der Waals surface area contributed by atoms with E-state index in [1.807, 2.05) is 48.7 Å². The summed E-state index contributed by atoms with van der Waals surface area (Å²) in [7, 11) is 0. The van der Waals surface area contributed by atoms with Gasteiger partial charge in [-0.3, -0.25) is 4.79 Å². The van der Waals surface area contributed by atoms with Crippen molar-refractivity contribution in [3.05, 3.63) is 65.7 Å². The number of thioether (sulfide) groups is 1. The zero-order valence-electron chi connectivity index (χ0n) is 10.9. The second-order valence-corrected chi connectivity index (χ2v) is 5.04. The summed E-state index contributed by atoms with van der Waals surface area (Å²) in [5, 5.41) is 2.97. The van der Waals surface area contributed by atoms with E-state index in [4.69, 9.17) is 0 Å². The van der Waals surface area contributed by atoms with Crippen LogP contribution in [0.1, 0.15) is 15.9 Å². The normalized spacial score (nSPS) is 10.2. The fourth-order valence-corrected chi connectivity index (χ4v) is 2.49. The average Bonchev–Trinajstić information content (AvgIpc) is 2.48. The van der Waals surface area contributed by atoms with Crippen LogP contribution in [0.5, 0.6) is 0 Å². The number of amides is 1. The Morgan fingerprint density at radius 3 is 2.47 bits per heavy atom. The summed E-state index contributed by atoms with van der Waals surface area (Å²) in [4.78, 5) is 13.1. The maximum atomic E-state index is 12.1. The molecule has 0 spiro atoms. The van der Waals surface area contributed by atoms with E-state index in [9.17, 15) is 4.79 Å². The molecule has 0 aliphatic carbocycles. The molecule has 0 aliphatic heterocycles. The second-order valence-electron chi connectivity index (χ2n) is 4.19. The minimum atomic E-state index is 0.000816. The summed E-state index contributed by atoms with van der Waals surface area (Å²) in [6.45, 7) is 0.658. The molecule has 1 N–H and O–H groups in total. The number of benzene rings is 2. The highest BCUT2D eigenvalue weighted by atomic mass is 32.2. The number of hydrogen-bond acceptors (Lipinski definition) is 2. The van der Waals surface area contributed by atoms with Crippen molar-refractivity contribution >= 4 is 17.7 Å². The molecule has 0 radical (unpaired) electrons. The SMILES string of the molecule is CSc1ccccc1C(=O)NCCc1ccccc1. The van der Waals surface area contributed by atoms with Crippen molar-refractivity contribution in [2.75, 3.05) is 12.8 Å². The van der Waals surface area contributed by atoms with E-state index in [1.165, 1.54) is 5.56 Å². The monoisotopic (exact) mass is 271 g/mol. The third-order valence-electron chi connectivity index (χ3n) is 2.89. The molecule has 0 fully saturated rings. The molecule has 0 aromatic heterocycles. The van der Waals surface area contributed by atoms with Gasteiger partial charge in [-0.1, -0.05) is 42.5 Å². The van der Waals surface area contributed by atoms with Gasteiger partial charge in [0.2, 0.25) is 0 Å². The van der Waals surface area contributed by atoms with Gasteiger partial charge >= 0.3 is 0 Å². The molecule has 0 heterocycles. The Bertz CT molecular complexity index is 539. The summed E-state index contributed by atoms with van der Waals surface area (Å²) in [5.41, 5.74) is 1.99. The Hall–Kier alpha value is -1.74. The van der Waals surface area contributed by atoms with Crippen LogP contribution in [0.3, 0.4) is 0 Å². The van der Waals surface area contributed by atoms with Gasteiger partial charge in [-0.2, -0.15) is 0 Å². The van der Waals surface area contributed by atoms with Crippen LogP contribution >= 0.6 is 11.8 Å². The van der Waals surface area contributed by atoms with E-state index in [-0.39, 0.29) is 5.91 Å². The van der Waals surface area contributed by atoms with Crippen LogP contribution < -0.4 is 5.32 Å². The van der Waals surface area contributed by atoms with Gasteiger partial charge in [0.15, 0.2) is 0 Å². The number of carbonyl (C=O) groups is 1. The predicted octanol–water partition coefficient (Wildman–Crippen LogP) is 3.38. The van der Waals surface area contributed by atoms with Crippen molar-refractivity contribution in [3.63, 3.8) is 0 Å². The fraction of sp³-hybridized carbons (Fsp3) is 0.188. The molecule has 2 aromatic rings. The molecule has 1 amide bonds. The predicted molar refractivity (Wildman–Crippen MR) is 80.7 cm³/mol. The van der Waals surface area contributed by atoms with Gasteiger partial charge < -0.3 is 5.32 Å². The van der Waals surface area contributed by atoms with E-state index in [2.05, 4.69) is 17.4 Å². The van der Waals surface area contributed by atoms with Gasteiger partial charge in [0, 0.05) is 11.4 Å². The van der Waals surface area contributed by atoms with Gasteiger partial charge in [-0.25, -0.2) is 0 Å². The smallest absolute Gasteiger partial charge is 0.252 e. The van der Waals surface area contributed by atoms with Crippen LogP contribution in [0.25, 0.3) is 0 Å². The molecule has 0 unspecified atom stereocenters. The maximum Gasteiger partial charge on any atom is 0.252 e. The summed E-state index contributed by atoms with van der Waals surface area (Å²) in [5.74, 6) is 0.000816. The van der Waals surface area contributed by atoms with Crippen LogP contribution in [0.15, 0.2) is 59.5 Å². The average molecular weight is 271 g/mol. The third-order valence-corrected chi connectivity index (χ3v) is 3.69. The zero-order chi connectivity index (χ0) is 13.5. The summed E-state index contributed by atoms with van der Waals surface area (Å²) in [6, 6.07) is 17.8. The van der Waals surface area contributed by atoms with E-state index < -0.39 is 0 Å². The largest absolute Gasteiger partial charge is 0.352 e. The molecule has 0 bridgehead atoms. The second kappa shape index (κ2) is 7.00. The lowest BCUT2D eigenvalue weighted by molar-refractivity contribution is 0.0951. The number of rotatable bonds is 5. The van der Waals surface area contributed by atoms with Crippen molar-refractivity contribution in [2.45, 2.75) is 11.3 Å². The topological polar surface area (TPSA) is 29.1 Å². The standard InChI is InChI=1S/C16H17NOS/c1-19-15-10-6-5-9-14(15)16(18)17-12-11-13-7-3-2-4-8-13/h2-10H,11-12H2,1H3,(H,17,18). The Balaban J connectivity index is 1.91. The highest BCUT2D eigenvalue weighted by molar-refractivity contribution is 7.98. The summed E-state index contributed by atoms with van der Waals surface area (Å²) in [6.07, 6.45) is 2.84. The molecule has 2 nitrogen and oxygen atoms in total. The van der Waals surface area contributed by atoms with Gasteiger partial charge in [-0.05, 0) is 30.4 Å². The van der Waals surface area contributed by atoms with Gasteiger partial charge in [0.1, 0.15) is 0 Å². The van der Waals surface area contributed by atoms with Crippen LogP contribution in [-0.2, 0) is 6.42 Å². The highest BCUT2D eigenvalue weighted by Crippen LogP contribution is 2.19. The maximum absolute atomic E-state index is 12.1. The van der Waals surface area contributed by atoms with Crippen molar-refractivity contribution in [2.24, 2.45) is 0 Å². The number of hydrogen-bond donors (Lipinski definition) is 1. The Morgan fingerprint density at radius 2 is 1.74 bits per heavy atom. The van der Waals surface area contributed by atoms with Crippen molar-refractivity contribution in [1.29, 1.82) is 0 Å². The molecular weight excluding hydrogens is 254 g/mol. The Labute approximate surface area is 118 Å². The molecule has 2 rings (SSSR count). The lowest BCUT2D eigenvalue weighted by Crippen LogP contribution is -2.26. The van der Waals surface area contributed by atoms with Crippen LogP contribution in [0.2, 0.25) is 0 Å². The highest BCUT2D eigenvalue weighted by Gasteiger charge is 2.09. The minimum Gasteiger partial charge on any atom is -0.352 e. The first-order valence-electron chi connectivity index (χ1n) is 6.26. The third kappa shape index (κ3) is 3.86. The number of carbonyl (C=O) groups excluding carboxylic acids is 1. The van der Waals surface area contributed by atoms with Crippen LogP contribution in [0.4, 0.5) is 0 Å². The Morgan fingerprint density at radius 1 is 1.05 bits per heavy atom. The molecule has 19 heavy (non-hydrogen) atoms. The molecule has 0 aliphatic rings. The first kappa shape index (κ1) is 13.7. The summed E-state index contributed by atoms with van der Waals surface area (Å²) >= 11 is 1.59. The van der Waals surface area contributed by atoms with Gasteiger partial charge in [0.25, 0.3) is 5.91 Å². The molecule has 98 valence electrons. The lowest BCUT2D eigenvalue weighted by atomic mass is 10.1. The van der Waals surface area contributed by atoms with E-state index >= 15 is 0 Å². The van der Waals surface area contributed by atoms with Crippen molar-refractivity contribution in [3.8, 4) is 0 Å². The van der Waals surface area contributed by atoms with Crippen molar-refractivity contribution in [1.82, 2.24) is 5.32 Å². The Kier molecular flexibility index (Phi) is 5.04. The van der Waals surface area contributed by atoms with Gasteiger partial charge in [0.05, 0.1) is 5.56 Å². The van der Waals surface area contributed by atoms with E-state index in [1.54, 1.807) is 11.8 Å². The molecular formula is C16H17NOS. The summed E-state index contributed by atoms with van der Waals surface area (Å²) < 4.78 is 0. The molecule has 0 atom stereocenters. The molecule has 0 saturated carbocycles. The number of nitrogens with one attached hydrogen (secondary N) is 1. The van der Waals surface area contributed by atoms with E-state index in [0.717, 1.165) is 16.9 Å². The first-order chi connectivity index (χ1) is 9.31. The minimum absolute atomic E-state index is 0.000816. The molecule has 0 saturated heterocycles. The fourth-order valence-electron chi connectivity index (χ4n) is 1.89.